The number of rotatable bonds is 5. The van der Waals surface area contributed by atoms with E-state index >= 15 is 0 Å². The summed E-state index contributed by atoms with van der Waals surface area (Å²) in [6.45, 7) is 0.136. The minimum Gasteiger partial charge on any atom is -0.507 e. The predicted molar refractivity (Wildman–Crippen MR) is 87.1 cm³/mol. The predicted octanol–water partition coefficient (Wildman–Crippen LogP) is 3.03. The maximum Gasteiger partial charge on any atom is 0.231 e. The van der Waals surface area contributed by atoms with E-state index in [9.17, 15) is 9.90 Å². The molecule has 0 unspecified atom stereocenters. The zero-order valence-corrected chi connectivity index (χ0v) is 13.2. The molecule has 0 fully saturated rings. The molecule has 0 amide bonds. The quantitative estimate of drug-likeness (QED) is 0.672. The third-order valence-corrected chi connectivity index (χ3v) is 3.58. The van der Waals surface area contributed by atoms with Crippen LogP contribution < -0.4 is 18.9 Å². The number of ketones is 1. The number of hydrogen-bond acceptors (Lipinski definition) is 6. The zero-order valence-electron chi connectivity index (χ0n) is 13.2. The Balaban J connectivity index is 1.84. The van der Waals surface area contributed by atoms with Gasteiger partial charge >= 0.3 is 0 Å². The molecular weight excluding hydrogens is 312 g/mol. The topological polar surface area (TPSA) is 74.2 Å². The number of benzene rings is 2. The maximum atomic E-state index is 12.3. The number of phenols is 1. The van der Waals surface area contributed by atoms with Crippen molar-refractivity contribution in [2.45, 2.75) is 0 Å². The van der Waals surface area contributed by atoms with E-state index in [-0.39, 0.29) is 23.9 Å². The number of carbonyl (C=O) groups excluding carboxylic acids is 1. The van der Waals surface area contributed by atoms with Gasteiger partial charge in [0.1, 0.15) is 11.5 Å². The fourth-order valence-electron chi connectivity index (χ4n) is 2.35. The summed E-state index contributed by atoms with van der Waals surface area (Å²) in [5, 5.41) is 9.91. The van der Waals surface area contributed by atoms with Gasteiger partial charge in [0.25, 0.3) is 0 Å². The lowest BCUT2D eigenvalue weighted by atomic mass is 10.1. The van der Waals surface area contributed by atoms with Gasteiger partial charge in [-0.05, 0) is 35.9 Å². The number of carbonyl (C=O) groups is 1. The molecule has 0 saturated heterocycles. The van der Waals surface area contributed by atoms with Crippen LogP contribution in [0.1, 0.15) is 15.9 Å². The van der Waals surface area contributed by atoms with Gasteiger partial charge in [-0.15, -0.1) is 0 Å². The van der Waals surface area contributed by atoms with Gasteiger partial charge in [-0.1, -0.05) is 6.08 Å². The highest BCUT2D eigenvalue weighted by molar-refractivity contribution is 6.08. The minimum atomic E-state index is -0.327. The molecule has 2 aromatic carbocycles. The average molecular weight is 328 g/mol. The van der Waals surface area contributed by atoms with Crippen molar-refractivity contribution >= 4 is 11.9 Å². The van der Waals surface area contributed by atoms with Crippen LogP contribution in [0.5, 0.6) is 28.7 Å². The highest BCUT2D eigenvalue weighted by Gasteiger charge is 2.19. The molecule has 0 saturated carbocycles. The van der Waals surface area contributed by atoms with Crippen LogP contribution in [0.3, 0.4) is 0 Å². The minimum absolute atomic E-state index is 0.132. The van der Waals surface area contributed by atoms with Crippen molar-refractivity contribution in [1.29, 1.82) is 0 Å². The van der Waals surface area contributed by atoms with Crippen molar-refractivity contribution in [3.63, 3.8) is 0 Å². The van der Waals surface area contributed by atoms with Gasteiger partial charge in [0, 0.05) is 6.07 Å². The second-order valence-corrected chi connectivity index (χ2v) is 5.04. The Kier molecular flexibility index (Phi) is 4.29. The van der Waals surface area contributed by atoms with Gasteiger partial charge in [0.2, 0.25) is 12.5 Å². The lowest BCUT2D eigenvalue weighted by Gasteiger charge is -2.06. The molecule has 0 aromatic heterocycles. The monoisotopic (exact) mass is 328 g/mol. The van der Waals surface area contributed by atoms with Crippen molar-refractivity contribution in [2.75, 3.05) is 21.0 Å². The fourth-order valence-corrected chi connectivity index (χ4v) is 2.35. The third kappa shape index (κ3) is 2.99. The third-order valence-electron chi connectivity index (χ3n) is 3.58. The fraction of sp³-hybridized carbons (Fsp3) is 0.167. The Morgan fingerprint density at radius 1 is 1.17 bits per heavy atom. The van der Waals surface area contributed by atoms with E-state index in [0.29, 0.717) is 23.0 Å². The average Bonchev–Trinajstić information content (AvgIpc) is 3.07. The number of ether oxygens (including phenoxy) is 4. The first-order chi connectivity index (χ1) is 11.6. The summed E-state index contributed by atoms with van der Waals surface area (Å²) in [4.78, 5) is 12.3. The standard InChI is InChI=1S/C18H16O6/c1-21-12-4-5-13(15(20)9-12)14(19)6-3-11-7-16(22-2)18-17(8-11)23-10-24-18/h3-9,20H,10H2,1-2H3/b6-3+. The van der Waals surface area contributed by atoms with Crippen molar-refractivity contribution in [3.8, 4) is 28.7 Å². The van der Waals surface area contributed by atoms with Crippen LogP contribution >= 0.6 is 0 Å². The van der Waals surface area contributed by atoms with Gasteiger partial charge in [0.15, 0.2) is 17.3 Å². The molecule has 6 nitrogen and oxygen atoms in total. The number of methoxy groups -OCH3 is 2. The van der Waals surface area contributed by atoms with Gasteiger partial charge in [0.05, 0.1) is 19.8 Å². The Morgan fingerprint density at radius 2 is 2.00 bits per heavy atom. The van der Waals surface area contributed by atoms with Crippen LogP contribution in [0.25, 0.3) is 6.08 Å². The molecule has 24 heavy (non-hydrogen) atoms. The summed E-state index contributed by atoms with van der Waals surface area (Å²) in [6, 6.07) is 8.02. The van der Waals surface area contributed by atoms with Crippen LogP contribution in [0, 0.1) is 0 Å². The van der Waals surface area contributed by atoms with Gasteiger partial charge in [-0.2, -0.15) is 0 Å². The normalized spacial score (nSPS) is 12.4. The van der Waals surface area contributed by atoms with E-state index in [1.54, 1.807) is 24.3 Å². The van der Waals surface area contributed by atoms with Crippen LogP contribution in [0.2, 0.25) is 0 Å². The van der Waals surface area contributed by atoms with Gasteiger partial charge in [-0.3, -0.25) is 4.79 Å². The Bertz CT molecular complexity index is 809. The van der Waals surface area contributed by atoms with E-state index in [1.165, 1.54) is 32.4 Å². The molecule has 0 spiro atoms. The second-order valence-electron chi connectivity index (χ2n) is 5.04. The number of fused-ring (bicyclic) bond motifs is 1. The first-order valence-electron chi connectivity index (χ1n) is 7.19. The van der Waals surface area contributed by atoms with Crippen LogP contribution in [-0.2, 0) is 0 Å². The van der Waals surface area contributed by atoms with Crippen molar-refractivity contribution in [3.05, 3.63) is 47.5 Å². The molecule has 0 atom stereocenters. The molecule has 124 valence electrons. The number of aromatic hydroxyl groups is 1. The molecular formula is C18H16O6. The molecule has 0 aliphatic carbocycles. The molecule has 1 heterocycles. The highest BCUT2D eigenvalue weighted by atomic mass is 16.7. The molecule has 1 N–H and O–H groups in total. The van der Waals surface area contributed by atoms with Crippen LogP contribution in [-0.4, -0.2) is 31.9 Å². The first-order valence-corrected chi connectivity index (χ1v) is 7.19. The molecule has 0 radical (unpaired) electrons. The van der Waals surface area contributed by atoms with E-state index in [4.69, 9.17) is 18.9 Å². The molecule has 6 heteroatoms. The molecule has 1 aliphatic heterocycles. The number of hydrogen-bond donors (Lipinski definition) is 1. The first kappa shape index (κ1) is 15.7. The van der Waals surface area contributed by atoms with E-state index in [2.05, 4.69) is 0 Å². The van der Waals surface area contributed by atoms with Gasteiger partial charge in [-0.25, -0.2) is 0 Å². The Labute approximate surface area is 138 Å². The maximum absolute atomic E-state index is 12.3. The summed E-state index contributed by atoms with van der Waals surface area (Å²) in [5.41, 5.74) is 0.914. The number of phenolic OH excluding ortho intramolecular Hbond substituents is 1. The largest absolute Gasteiger partial charge is 0.507 e. The summed E-state index contributed by atoms with van der Waals surface area (Å²) >= 11 is 0. The van der Waals surface area contributed by atoms with E-state index in [1.807, 2.05) is 0 Å². The smallest absolute Gasteiger partial charge is 0.231 e. The summed E-state index contributed by atoms with van der Waals surface area (Å²) in [7, 11) is 3.02. The van der Waals surface area contributed by atoms with E-state index < -0.39 is 0 Å². The van der Waals surface area contributed by atoms with E-state index in [0.717, 1.165) is 5.56 Å². The summed E-state index contributed by atoms with van der Waals surface area (Å²) < 4.78 is 20.9. The van der Waals surface area contributed by atoms with Crippen LogP contribution in [0.4, 0.5) is 0 Å². The summed E-state index contributed by atoms with van der Waals surface area (Å²) in [6.07, 6.45) is 3.00. The van der Waals surface area contributed by atoms with Crippen molar-refractivity contribution < 1.29 is 28.8 Å². The highest BCUT2D eigenvalue weighted by Crippen LogP contribution is 2.42. The zero-order chi connectivity index (χ0) is 17.1. The second kappa shape index (κ2) is 6.54. The lowest BCUT2D eigenvalue weighted by molar-refractivity contribution is 0.104. The number of allylic oxidation sites excluding steroid dienone is 1. The SMILES string of the molecule is COc1ccc(C(=O)/C=C/c2cc(OC)c3c(c2)OCO3)c(O)c1. The van der Waals surface area contributed by atoms with Gasteiger partial charge < -0.3 is 24.1 Å². The molecule has 0 bridgehead atoms. The van der Waals surface area contributed by atoms with Crippen molar-refractivity contribution in [1.82, 2.24) is 0 Å². The lowest BCUT2D eigenvalue weighted by Crippen LogP contribution is -1.95. The molecule has 2 aromatic rings. The Morgan fingerprint density at radius 3 is 2.71 bits per heavy atom. The van der Waals surface area contributed by atoms with Crippen LogP contribution in [0.15, 0.2) is 36.4 Å². The van der Waals surface area contributed by atoms with Crippen molar-refractivity contribution in [2.24, 2.45) is 0 Å². The molecule has 3 rings (SSSR count). The summed E-state index contributed by atoms with van der Waals surface area (Å²) in [5.74, 6) is 1.67. The molecule has 1 aliphatic rings. The Hall–Kier alpha value is -3.15.